The monoisotopic (exact) mass is 330 g/mol. The molecule has 2 aliphatic heterocycles. The lowest BCUT2D eigenvalue weighted by molar-refractivity contribution is 0.127. The van der Waals surface area contributed by atoms with Crippen molar-refractivity contribution in [2.45, 2.75) is 38.3 Å². The third-order valence-corrected chi connectivity index (χ3v) is 4.81. The van der Waals surface area contributed by atoms with E-state index in [0.717, 1.165) is 19.3 Å². The fourth-order valence-electron chi connectivity index (χ4n) is 3.53. The molecule has 24 heavy (non-hydrogen) atoms. The summed E-state index contributed by atoms with van der Waals surface area (Å²) in [6.45, 7) is 4.58. The minimum Gasteiger partial charge on any atom is -0.336 e. The second-order valence-electron chi connectivity index (χ2n) is 6.60. The Kier molecular flexibility index (Phi) is 5.23. The van der Waals surface area contributed by atoms with Crippen LogP contribution >= 0.6 is 0 Å². The highest BCUT2D eigenvalue weighted by molar-refractivity contribution is 5.79. The highest BCUT2D eigenvalue weighted by atomic mass is 16.2. The topological polar surface area (TPSA) is 64.7 Å². The summed E-state index contributed by atoms with van der Waals surface area (Å²) in [5.41, 5.74) is 1.24. The van der Waals surface area contributed by atoms with Crippen LogP contribution < -0.4 is 10.6 Å². The zero-order chi connectivity index (χ0) is 16.9. The van der Waals surface area contributed by atoms with Crippen molar-refractivity contribution in [2.75, 3.05) is 26.2 Å². The molecule has 6 heteroatoms. The van der Waals surface area contributed by atoms with Crippen LogP contribution in [0.25, 0.3) is 0 Å². The van der Waals surface area contributed by atoms with Crippen LogP contribution in [0.3, 0.4) is 0 Å². The molecule has 2 saturated heterocycles. The van der Waals surface area contributed by atoms with Gasteiger partial charge in [-0.2, -0.15) is 0 Å². The molecule has 2 unspecified atom stereocenters. The van der Waals surface area contributed by atoms with E-state index in [4.69, 9.17) is 0 Å². The molecular weight excluding hydrogens is 304 g/mol. The Hall–Kier alpha value is -2.24. The van der Waals surface area contributed by atoms with Crippen LogP contribution in [-0.2, 0) is 6.42 Å². The lowest BCUT2D eigenvalue weighted by Gasteiger charge is -2.37. The third-order valence-electron chi connectivity index (χ3n) is 4.81. The number of nitrogens with zero attached hydrogens (tertiary/aromatic N) is 2. The van der Waals surface area contributed by atoms with Crippen LogP contribution in [-0.4, -0.2) is 60.1 Å². The second-order valence-corrected chi connectivity index (χ2v) is 6.60. The molecule has 2 fully saturated rings. The van der Waals surface area contributed by atoms with E-state index in [2.05, 4.69) is 29.7 Å². The van der Waals surface area contributed by atoms with E-state index >= 15 is 0 Å². The minimum absolute atomic E-state index is 0.00649. The number of hydrogen-bond donors (Lipinski definition) is 2. The molecular formula is C18H26N4O2. The van der Waals surface area contributed by atoms with Gasteiger partial charge in [0.15, 0.2) is 0 Å². The van der Waals surface area contributed by atoms with E-state index in [0.29, 0.717) is 26.2 Å². The van der Waals surface area contributed by atoms with E-state index in [9.17, 15) is 9.59 Å². The summed E-state index contributed by atoms with van der Waals surface area (Å²) >= 11 is 0. The first kappa shape index (κ1) is 16.6. The molecule has 6 nitrogen and oxygen atoms in total. The molecule has 0 bridgehead atoms. The highest BCUT2D eigenvalue weighted by Gasteiger charge is 2.37. The average Bonchev–Trinajstić information content (AvgIpc) is 2.96. The van der Waals surface area contributed by atoms with Crippen LogP contribution in [0.5, 0.6) is 0 Å². The maximum absolute atomic E-state index is 12.6. The summed E-state index contributed by atoms with van der Waals surface area (Å²) in [4.78, 5) is 28.0. The van der Waals surface area contributed by atoms with E-state index in [1.807, 2.05) is 28.0 Å². The quantitative estimate of drug-likeness (QED) is 0.865. The minimum atomic E-state index is -0.0108. The van der Waals surface area contributed by atoms with Gasteiger partial charge in [0.1, 0.15) is 0 Å². The smallest absolute Gasteiger partial charge is 0.317 e. The van der Waals surface area contributed by atoms with E-state index in [-0.39, 0.29) is 24.1 Å². The van der Waals surface area contributed by atoms with Gasteiger partial charge in [0.05, 0.1) is 6.04 Å². The van der Waals surface area contributed by atoms with Crippen LogP contribution in [0.1, 0.15) is 25.3 Å². The summed E-state index contributed by atoms with van der Waals surface area (Å²) in [5, 5.41) is 6.03. The molecule has 130 valence electrons. The van der Waals surface area contributed by atoms with Crippen molar-refractivity contribution in [3.05, 3.63) is 35.9 Å². The Bertz CT molecular complexity index is 578. The highest BCUT2D eigenvalue weighted by Crippen LogP contribution is 2.15. The van der Waals surface area contributed by atoms with Crippen molar-refractivity contribution in [3.8, 4) is 0 Å². The number of hydrogen-bond acceptors (Lipinski definition) is 2. The van der Waals surface area contributed by atoms with Gasteiger partial charge in [-0.05, 0) is 18.4 Å². The van der Waals surface area contributed by atoms with Gasteiger partial charge in [-0.15, -0.1) is 0 Å². The number of fused-ring (bicyclic) bond motifs is 1. The first-order valence-electron chi connectivity index (χ1n) is 8.81. The molecule has 2 atom stereocenters. The lowest BCUT2D eigenvalue weighted by Crippen LogP contribution is -2.57. The summed E-state index contributed by atoms with van der Waals surface area (Å²) in [5.74, 6) is 0. The SMILES string of the molecule is CCCC(Cc1ccccc1)NC(=O)N1CCN2C(=O)NCC2C1. The van der Waals surface area contributed by atoms with Crippen molar-refractivity contribution in [3.63, 3.8) is 0 Å². The second kappa shape index (κ2) is 7.55. The van der Waals surface area contributed by atoms with Crippen molar-refractivity contribution < 1.29 is 9.59 Å². The van der Waals surface area contributed by atoms with Crippen molar-refractivity contribution in [2.24, 2.45) is 0 Å². The molecule has 0 spiro atoms. The predicted molar refractivity (Wildman–Crippen MR) is 92.8 cm³/mol. The van der Waals surface area contributed by atoms with Gasteiger partial charge in [-0.3, -0.25) is 0 Å². The summed E-state index contributed by atoms with van der Waals surface area (Å²) in [6, 6.07) is 10.5. The van der Waals surface area contributed by atoms with Gasteiger partial charge in [0.25, 0.3) is 0 Å². The van der Waals surface area contributed by atoms with Gasteiger partial charge in [-0.1, -0.05) is 43.7 Å². The van der Waals surface area contributed by atoms with Gasteiger partial charge in [0.2, 0.25) is 0 Å². The maximum atomic E-state index is 12.6. The van der Waals surface area contributed by atoms with Crippen LogP contribution in [0.15, 0.2) is 30.3 Å². The zero-order valence-corrected chi connectivity index (χ0v) is 14.2. The predicted octanol–water partition coefficient (Wildman–Crippen LogP) is 1.82. The Morgan fingerprint density at radius 2 is 2.12 bits per heavy atom. The van der Waals surface area contributed by atoms with Crippen LogP contribution in [0, 0.1) is 0 Å². The number of rotatable bonds is 5. The van der Waals surface area contributed by atoms with E-state index in [1.54, 1.807) is 0 Å². The first-order valence-corrected chi connectivity index (χ1v) is 8.81. The Balaban J connectivity index is 1.56. The molecule has 2 N–H and O–H groups in total. The molecule has 4 amide bonds. The summed E-state index contributed by atoms with van der Waals surface area (Å²) < 4.78 is 0. The number of carbonyl (C=O) groups excluding carboxylic acids is 2. The van der Waals surface area contributed by atoms with Gasteiger partial charge < -0.3 is 20.4 Å². The molecule has 2 heterocycles. The number of piperazine rings is 1. The average molecular weight is 330 g/mol. The Morgan fingerprint density at radius 1 is 1.33 bits per heavy atom. The molecule has 2 aliphatic rings. The molecule has 0 saturated carbocycles. The maximum Gasteiger partial charge on any atom is 0.317 e. The zero-order valence-electron chi connectivity index (χ0n) is 14.2. The summed E-state index contributed by atoms with van der Waals surface area (Å²) in [7, 11) is 0. The Morgan fingerprint density at radius 3 is 2.88 bits per heavy atom. The molecule has 1 aromatic carbocycles. The normalized spacial score (nSPS) is 21.2. The lowest BCUT2D eigenvalue weighted by atomic mass is 10.0. The molecule has 3 rings (SSSR count). The van der Waals surface area contributed by atoms with Crippen molar-refractivity contribution in [1.82, 2.24) is 20.4 Å². The van der Waals surface area contributed by atoms with Crippen molar-refractivity contribution in [1.29, 1.82) is 0 Å². The van der Waals surface area contributed by atoms with Crippen LogP contribution in [0.4, 0.5) is 9.59 Å². The third kappa shape index (κ3) is 3.80. The van der Waals surface area contributed by atoms with Crippen molar-refractivity contribution >= 4 is 12.1 Å². The standard InChI is InChI=1S/C18H26N4O2/c1-2-6-15(11-14-7-4-3-5-8-14)20-18(24)21-9-10-22-16(13-21)12-19-17(22)23/h3-5,7-8,15-16H,2,6,9-13H2,1H3,(H,19,23)(H,20,24). The number of urea groups is 2. The number of benzene rings is 1. The number of amides is 4. The number of carbonyl (C=O) groups is 2. The fourth-order valence-corrected chi connectivity index (χ4v) is 3.53. The molecule has 0 radical (unpaired) electrons. The van der Waals surface area contributed by atoms with E-state index < -0.39 is 0 Å². The largest absolute Gasteiger partial charge is 0.336 e. The summed E-state index contributed by atoms with van der Waals surface area (Å²) in [6.07, 6.45) is 2.85. The first-order chi connectivity index (χ1) is 11.7. The number of nitrogens with one attached hydrogen (secondary N) is 2. The van der Waals surface area contributed by atoms with Gasteiger partial charge >= 0.3 is 12.1 Å². The van der Waals surface area contributed by atoms with E-state index in [1.165, 1.54) is 5.56 Å². The fraction of sp³-hybridized carbons (Fsp3) is 0.556. The van der Waals surface area contributed by atoms with Crippen LogP contribution in [0.2, 0.25) is 0 Å². The Labute approximate surface area is 143 Å². The van der Waals surface area contributed by atoms with Gasteiger partial charge in [-0.25, -0.2) is 9.59 Å². The molecule has 0 aromatic heterocycles. The molecule has 0 aliphatic carbocycles. The molecule has 1 aromatic rings. The van der Waals surface area contributed by atoms with Gasteiger partial charge in [0, 0.05) is 32.2 Å².